The van der Waals surface area contributed by atoms with Gasteiger partial charge in [-0.2, -0.15) is 0 Å². The Labute approximate surface area is 183 Å². The Balaban J connectivity index is 1.42. The molecule has 4 rings (SSSR count). The maximum absolute atomic E-state index is 13.5. The number of aromatic nitrogens is 2. The smallest absolute Gasteiger partial charge is 0.261 e. The van der Waals surface area contributed by atoms with E-state index in [0.29, 0.717) is 22.8 Å². The summed E-state index contributed by atoms with van der Waals surface area (Å²) in [6, 6.07) is 11.1. The fourth-order valence-electron chi connectivity index (χ4n) is 3.97. The van der Waals surface area contributed by atoms with Crippen LogP contribution in [0.25, 0.3) is 10.9 Å². The van der Waals surface area contributed by atoms with Crippen LogP contribution in [0.1, 0.15) is 12.2 Å². The number of carbonyl (C=O) groups is 2. The van der Waals surface area contributed by atoms with Gasteiger partial charge >= 0.3 is 0 Å². The van der Waals surface area contributed by atoms with Gasteiger partial charge in [0.25, 0.3) is 5.56 Å². The van der Waals surface area contributed by atoms with Gasteiger partial charge in [-0.1, -0.05) is 12.1 Å². The van der Waals surface area contributed by atoms with Crippen LogP contribution in [0.4, 0.5) is 10.1 Å². The molecule has 0 spiro atoms. The van der Waals surface area contributed by atoms with Crippen LogP contribution >= 0.6 is 0 Å². The average molecular weight is 438 g/mol. The first-order chi connectivity index (χ1) is 15.4. The van der Waals surface area contributed by atoms with Crippen molar-refractivity contribution < 1.29 is 18.7 Å². The molecule has 1 atom stereocenters. The number of para-hydroxylation sites is 2. The molecule has 0 radical (unpaired) electrons. The van der Waals surface area contributed by atoms with E-state index >= 15 is 0 Å². The summed E-state index contributed by atoms with van der Waals surface area (Å²) in [5.74, 6) is -0.387. The van der Waals surface area contributed by atoms with Gasteiger partial charge in [-0.15, -0.1) is 0 Å². The number of nitrogens with one attached hydrogen (secondary N) is 1. The Morgan fingerprint density at radius 1 is 1.25 bits per heavy atom. The molecule has 8 nitrogen and oxygen atoms in total. The van der Waals surface area contributed by atoms with Crippen LogP contribution in [-0.4, -0.2) is 41.6 Å². The van der Waals surface area contributed by atoms with Gasteiger partial charge in [0.2, 0.25) is 11.8 Å². The number of rotatable bonds is 6. The number of methoxy groups -OCH3 is 1. The molecule has 32 heavy (non-hydrogen) atoms. The molecule has 0 aliphatic carbocycles. The second-order valence-electron chi connectivity index (χ2n) is 7.65. The van der Waals surface area contributed by atoms with Gasteiger partial charge in [0.15, 0.2) is 0 Å². The molecule has 166 valence electrons. The monoisotopic (exact) mass is 438 g/mol. The number of benzene rings is 2. The van der Waals surface area contributed by atoms with Crippen LogP contribution in [0, 0.1) is 18.7 Å². The van der Waals surface area contributed by atoms with E-state index in [4.69, 9.17) is 4.74 Å². The van der Waals surface area contributed by atoms with Crippen molar-refractivity contribution in [2.75, 3.05) is 25.1 Å². The molecule has 1 aliphatic rings. The number of hydrogen-bond acceptors (Lipinski definition) is 5. The highest BCUT2D eigenvalue weighted by Gasteiger charge is 2.36. The topological polar surface area (TPSA) is 93.5 Å². The zero-order valence-electron chi connectivity index (χ0n) is 17.8. The Bertz CT molecular complexity index is 1260. The average Bonchev–Trinajstić information content (AvgIpc) is 3.18. The van der Waals surface area contributed by atoms with Crippen molar-refractivity contribution in [1.82, 2.24) is 14.9 Å². The molecule has 1 N–H and O–H groups in total. The Kier molecular flexibility index (Phi) is 5.89. The summed E-state index contributed by atoms with van der Waals surface area (Å²) in [4.78, 5) is 43.8. The molecule has 1 unspecified atom stereocenters. The molecule has 1 aliphatic heterocycles. The highest BCUT2D eigenvalue weighted by atomic mass is 19.1. The molecule has 1 fully saturated rings. The minimum atomic E-state index is -0.509. The highest BCUT2D eigenvalue weighted by molar-refractivity contribution is 6.01. The van der Waals surface area contributed by atoms with E-state index in [2.05, 4.69) is 10.3 Å². The summed E-state index contributed by atoms with van der Waals surface area (Å²) in [6.45, 7) is 2.31. The summed E-state index contributed by atoms with van der Waals surface area (Å²) in [5, 5.41) is 2.99. The summed E-state index contributed by atoms with van der Waals surface area (Å²) < 4.78 is 20.3. The Hall–Kier alpha value is -3.75. The third-order valence-corrected chi connectivity index (χ3v) is 5.61. The molecule has 3 aromatic rings. The Morgan fingerprint density at radius 2 is 2.03 bits per heavy atom. The quantitative estimate of drug-likeness (QED) is 0.636. The van der Waals surface area contributed by atoms with Crippen LogP contribution in [0.5, 0.6) is 5.75 Å². The first-order valence-corrected chi connectivity index (χ1v) is 10.3. The molecule has 2 heterocycles. The van der Waals surface area contributed by atoms with Crippen molar-refractivity contribution in [2.45, 2.75) is 19.9 Å². The summed E-state index contributed by atoms with van der Waals surface area (Å²) in [5.41, 5.74) is 0.696. The predicted octanol–water partition coefficient (Wildman–Crippen LogP) is 2.02. The van der Waals surface area contributed by atoms with Gasteiger partial charge in [-0.25, -0.2) is 9.37 Å². The lowest BCUT2D eigenvalue weighted by atomic mass is 10.1. The van der Waals surface area contributed by atoms with Crippen molar-refractivity contribution in [2.24, 2.45) is 5.92 Å². The zero-order chi connectivity index (χ0) is 22.8. The molecule has 2 aromatic carbocycles. The minimum Gasteiger partial charge on any atom is -0.495 e. The molecular formula is C23H23FN4O4. The predicted molar refractivity (Wildman–Crippen MR) is 117 cm³/mol. The van der Waals surface area contributed by atoms with Crippen LogP contribution in [-0.2, 0) is 16.1 Å². The largest absolute Gasteiger partial charge is 0.495 e. The van der Waals surface area contributed by atoms with E-state index in [1.165, 1.54) is 23.8 Å². The third kappa shape index (κ3) is 4.05. The first kappa shape index (κ1) is 21.5. The Morgan fingerprint density at radius 3 is 2.81 bits per heavy atom. The van der Waals surface area contributed by atoms with Gasteiger partial charge in [0.05, 0.1) is 29.6 Å². The SMILES string of the molecule is COc1ccccc1N1CC(C(=O)NCCn2c(C)nc3ccc(F)cc3c2=O)CC1=O. The molecule has 1 saturated heterocycles. The number of halogens is 1. The van der Waals surface area contributed by atoms with Gasteiger partial charge in [-0.3, -0.25) is 19.0 Å². The summed E-state index contributed by atoms with van der Waals surface area (Å²) >= 11 is 0. The number of amides is 2. The maximum atomic E-state index is 13.5. The van der Waals surface area contributed by atoms with Gasteiger partial charge in [-0.05, 0) is 37.3 Å². The number of fused-ring (bicyclic) bond motifs is 1. The number of ether oxygens (including phenoxy) is 1. The second-order valence-corrected chi connectivity index (χ2v) is 7.65. The molecule has 0 saturated carbocycles. The first-order valence-electron chi connectivity index (χ1n) is 10.3. The number of nitrogens with zero attached hydrogens (tertiary/aromatic N) is 3. The van der Waals surface area contributed by atoms with Crippen molar-refractivity contribution >= 4 is 28.4 Å². The second kappa shape index (κ2) is 8.78. The normalized spacial score (nSPS) is 15.9. The van der Waals surface area contributed by atoms with Crippen molar-refractivity contribution in [3.63, 3.8) is 0 Å². The van der Waals surface area contributed by atoms with E-state index in [1.54, 1.807) is 24.0 Å². The summed E-state index contributed by atoms with van der Waals surface area (Å²) in [7, 11) is 1.53. The zero-order valence-corrected chi connectivity index (χ0v) is 17.8. The number of anilines is 1. The van der Waals surface area contributed by atoms with Crippen LogP contribution in [0.2, 0.25) is 0 Å². The number of aryl methyl sites for hydroxylation is 1. The van der Waals surface area contributed by atoms with Gasteiger partial charge in [0, 0.05) is 26.1 Å². The third-order valence-electron chi connectivity index (χ3n) is 5.61. The standard InChI is InChI=1S/C23H23FN4O4/c1-14-26-18-8-7-16(24)12-17(18)23(31)27(14)10-9-25-22(30)15-11-21(29)28(13-15)19-5-3-4-6-20(19)32-2/h3-8,12,15H,9-11,13H2,1-2H3,(H,25,30). The lowest BCUT2D eigenvalue weighted by Crippen LogP contribution is -2.36. The van der Waals surface area contributed by atoms with Crippen LogP contribution in [0.3, 0.4) is 0 Å². The fourth-order valence-corrected chi connectivity index (χ4v) is 3.97. The van der Waals surface area contributed by atoms with E-state index in [9.17, 15) is 18.8 Å². The van der Waals surface area contributed by atoms with E-state index < -0.39 is 11.7 Å². The molecule has 9 heteroatoms. The van der Waals surface area contributed by atoms with E-state index in [0.717, 1.165) is 6.07 Å². The van der Waals surface area contributed by atoms with E-state index in [1.807, 2.05) is 12.1 Å². The van der Waals surface area contributed by atoms with Crippen molar-refractivity contribution in [3.8, 4) is 5.75 Å². The van der Waals surface area contributed by atoms with Gasteiger partial charge in [0.1, 0.15) is 17.4 Å². The molecule has 1 aromatic heterocycles. The van der Waals surface area contributed by atoms with Crippen LogP contribution < -0.4 is 20.5 Å². The number of carbonyl (C=O) groups excluding carboxylic acids is 2. The molecule has 0 bridgehead atoms. The lowest BCUT2D eigenvalue weighted by Gasteiger charge is -2.19. The lowest BCUT2D eigenvalue weighted by molar-refractivity contribution is -0.126. The number of hydrogen-bond donors (Lipinski definition) is 1. The maximum Gasteiger partial charge on any atom is 0.261 e. The molecule has 2 amide bonds. The summed E-state index contributed by atoms with van der Waals surface area (Å²) in [6.07, 6.45) is 0.0969. The van der Waals surface area contributed by atoms with E-state index in [-0.39, 0.29) is 48.8 Å². The minimum absolute atomic E-state index is 0.0969. The van der Waals surface area contributed by atoms with Crippen molar-refractivity contribution in [1.29, 1.82) is 0 Å². The van der Waals surface area contributed by atoms with Crippen molar-refractivity contribution in [3.05, 3.63) is 64.5 Å². The fraction of sp³-hybridized carbons (Fsp3) is 0.304. The van der Waals surface area contributed by atoms with Crippen LogP contribution in [0.15, 0.2) is 47.3 Å². The highest BCUT2D eigenvalue weighted by Crippen LogP contribution is 2.32. The molecular weight excluding hydrogens is 415 g/mol. The van der Waals surface area contributed by atoms with Gasteiger partial charge < -0.3 is 15.0 Å².